The van der Waals surface area contributed by atoms with Gasteiger partial charge in [-0.2, -0.15) is 0 Å². The summed E-state index contributed by atoms with van der Waals surface area (Å²) in [6, 6.07) is 21.9. The van der Waals surface area contributed by atoms with Crippen LogP contribution in [0.2, 0.25) is 0 Å². The number of benzene rings is 4. The van der Waals surface area contributed by atoms with Gasteiger partial charge >= 0.3 is 18.0 Å². The molecule has 0 saturated heterocycles. The fraction of sp³-hybridized carbons (Fsp3) is 0.156. The minimum absolute atomic E-state index is 0.0339. The lowest BCUT2D eigenvalue weighted by Crippen LogP contribution is -2.19. The monoisotopic (exact) mass is 606 g/mol. The Balaban J connectivity index is 0.000000244. The van der Waals surface area contributed by atoms with Crippen LogP contribution in [0.1, 0.15) is 24.2 Å². The molecule has 0 radical (unpaired) electrons. The molecule has 0 aliphatic heterocycles. The number of esters is 1. The number of nitrogens with one attached hydrogen (secondary N) is 4. The molecule has 4 rings (SSSR count). The summed E-state index contributed by atoms with van der Waals surface area (Å²) in [6.07, 6.45) is 0. The van der Waals surface area contributed by atoms with E-state index in [1.165, 1.54) is 49.6 Å². The molecule has 4 N–H and O–H groups in total. The first-order valence-corrected chi connectivity index (χ1v) is 13.5. The molecule has 0 aliphatic carbocycles. The molecular weight excluding hydrogens is 574 g/mol. The molecule has 12 heteroatoms. The van der Waals surface area contributed by atoms with Crippen molar-refractivity contribution in [3.8, 4) is 11.5 Å². The number of hydrogen-bond acceptors (Lipinski definition) is 6. The van der Waals surface area contributed by atoms with Crippen LogP contribution in [-0.2, 0) is 4.74 Å². The van der Waals surface area contributed by atoms with E-state index in [1.807, 2.05) is 6.92 Å². The second-order valence-electron chi connectivity index (χ2n) is 8.77. The number of amides is 4. The van der Waals surface area contributed by atoms with E-state index < -0.39 is 17.8 Å². The van der Waals surface area contributed by atoms with E-state index in [0.29, 0.717) is 41.5 Å². The van der Waals surface area contributed by atoms with E-state index in [-0.39, 0.29) is 17.6 Å². The van der Waals surface area contributed by atoms with Gasteiger partial charge in [0.2, 0.25) is 0 Å². The lowest BCUT2D eigenvalue weighted by molar-refractivity contribution is 0.0526. The third kappa shape index (κ3) is 10.6. The number of carbonyl (C=O) groups excluding carboxylic acids is 3. The normalized spacial score (nSPS) is 9.93. The summed E-state index contributed by atoms with van der Waals surface area (Å²) in [7, 11) is 1.34. The van der Waals surface area contributed by atoms with Crippen molar-refractivity contribution in [2.24, 2.45) is 0 Å². The fourth-order valence-corrected chi connectivity index (χ4v) is 3.56. The highest BCUT2D eigenvalue weighted by Gasteiger charge is 2.09. The zero-order valence-corrected chi connectivity index (χ0v) is 24.3. The number of methoxy groups -OCH3 is 1. The summed E-state index contributed by atoms with van der Waals surface area (Å²) in [4.78, 5) is 35.2. The van der Waals surface area contributed by atoms with E-state index in [4.69, 9.17) is 14.2 Å². The van der Waals surface area contributed by atoms with Gasteiger partial charge < -0.3 is 35.5 Å². The smallest absolute Gasteiger partial charge is 0.338 e. The van der Waals surface area contributed by atoms with Crippen LogP contribution in [0, 0.1) is 11.6 Å². The van der Waals surface area contributed by atoms with Crippen molar-refractivity contribution in [2.45, 2.75) is 13.8 Å². The van der Waals surface area contributed by atoms with Crippen LogP contribution in [0.15, 0.2) is 91.0 Å². The van der Waals surface area contributed by atoms with Gasteiger partial charge in [-0.3, -0.25) is 0 Å². The zero-order chi connectivity index (χ0) is 31.9. The largest absolute Gasteiger partial charge is 0.494 e. The molecular formula is C32H32F2N4O6. The van der Waals surface area contributed by atoms with Crippen molar-refractivity contribution < 1.29 is 37.4 Å². The maximum absolute atomic E-state index is 13.3. The maximum Gasteiger partial charge on any atom is 0.338 e. The Bertz CT molecular complexity index is 1530. The fourth-order valence-electron chi connectivity index (χ4n) is 3.56. The first kappa shape index (κ1) is 32.9. The van der Waals surface area contributed by atoms with Crippen LogP contribution >= 0.6 is 0 Å². The number of rotatable bonds is 9. The third-order valence-electron chi connectivity index (χ3n) is 5.59. The molecule has 0 fully saturated rings. The molecule has 4 amide bonds. The second kappa shape index (κ2) is 16.7. The Morgan fingerprint density at radius 3 is 1.61 bits per heavy atom. The van der Waals surface area contributed by atoms with Crippen molar-refractivity contribution in [2.75, 3.05) is 41.6 Å². The molecule has 0 saturated carbocycles. The Hall–Kier alpha value is -5.65. The standard InChI is InChI=1S/C17H17FN2O4.C15H15FN2O2/c1-3-24-16(21)11-4-6-12(7-5-11)19-17(22)20-13-8-9-14(18)15(10-13)23-2;1-2-20-14-9-7-13(8-10-14)18-15(19)17-12-5-3-11(16)4-6-12/h4-10H,3H2,1-2H3,(H2,19,20,22);3-10H,2H2,1H3,(H2,17,18,19). The van der Waals surface area contributed by atoms with Gasteiger partial charge in [-0.1, -0.05) is 0 Å². The van der Waals surface area contributed by atoms with Crippen LogP contribution in [-0.4, -0.2) is 38.4 Å². The van der Waals surface area contributed by atoms with Gasteiger partial charge in [0.1, 0.15) is 11.6 Å². The SMILES string of the molecule is CCOC(=O)c1ccc(NC(=O)Nc2ccc(F)c(OC)c2)cc1.CCOc1ccc(NC(=O)Nc2ccc(F)cc2)cc1. The molecule has 0 aromatic heterocycles. The quantitative estimate of drug-likeness (QED) is 0.146. The highest BCUT2D eigenvalue weighted by atomic mass is 19.1. The van der Waals surface area contributed by atoms with E-state index in [9.17, 15) is 23.2 Å². The molecule has 10 nitrogen and oxygen atoms in total. The minimum Gasteiger partial charge on any atom is -0.494 e. The molecule has 4 aromatic carbocycles. The average Bonchev–Trinajstić information content (AvgIpc) is 3.01. The van der Waals surface area contributed by atoms with Gasteiger partial charge in [-0.15, -0.1) is 0 Å². The zero-order valence-electron chi connectivity index (χ0n) is 24.3. The maximum atomic E-state index is 13.3. The lowest BCUT2D eigenvalue weighted by Gasteiger charge is -2.10. The minimum atomic E-state index is -0.516. The van der Waals surface area contributed by atoms with Crippen LogP contribution < -0.4 is 30.7 Å². The van der Waals surface area contributed by atoms with Gasteiger partial charge in [0.15, 0.2) is 11.6 Å². The lowest BCUT2D eigenvalue weighted by atomic mass is 10.2. The summed E-state index contributed by atoms with van der Waals surface area (Å²) in [6.45, 7) is 4.52. The highest BCUT2D eigenvalue weighted by Crippen LogP contribution is 2.22. The van der Waals surface area contributed by atoms with Crippen molar-refractivity contribution in [1.29, 1.82) is 0 Å². The number of hydrogen-bond donors (Lipinski definition) is 4. The predicted molar refractivity (Wildman–Crippen MR) is 165 cm³/mol. The summed E-state index contributed by atoms with van der Waals surface area (Å²) in [5, 5.41) is 10.4. The molecule has 4 aromatic rings. The Morgan fingerprint density at radius 2 is 1.11 bits per heavy atom. The van der Waals surface area contributed by atoms with E-state index in [0.717, 1.165) is 5.75 Å². The summed E-state index contributed by atoms with van der Waals surface area (Å²) >= 11 is 0. The van der Waals surface area contributed by atoms with Gasteiger partial charge in [-0.25, -0.2) is 23.2 Å². The van der Waals surface area contributed by atoms with Crippen LogP contribution in [0.25, 0.3) is 0 Å². The van der Waals surface area contributed by atoms with Gasteiger partial charge in [-0.05, 0) is 98.8 Å². The van der Waals surface area contributed by atoms with E-state index in [2.05, 4.69) is 21.3 Å². The van der Waals surface area contributed by atoms with Crippen LogP contribution in [0.5, 0.6) is 11.5 Å². The molecule has 0 spiro atoms. The van der Waals surface area contributed by atoms with Crippen LogP contribution in [0.4, 0.5) is 41.1 Å². The predicted octanol–water partition coefficient (Wildman–Crippen LogP) is 7.52. The molecule has 44 heavy (non-hydrogen) atoms. The number of ether oxygens (including phenoxy) is 3. The number of urea groups is 2. The van der Waals surface area contributed by atoms with Crippen molar-refractivity contribution in [3.63, 3.8) is 0 Å². The molecule has 0 heterocycles. The highest BCUT2D eigenvalue weighted by molar-refractivity contribution is 6.00. The van der Waals surface area contributed by atoms with Gasteiger partial charge in [0.05, 0.1) is 25.9 Å². The van der Waals surface area contributed by atoms with Crippen LogP contribution in [0.3, 0.4) is 0 Å². The summed E-state index contributed by atoms with van der Waals surface area (Å²) < 4.78 is 41.1. The Kier molecular flexibility index (Phi) is 12.5. The molecule has 230 valence electrons. The number of carbonyl (C=O) groups is 3. The summed E-state index contributed by atoms with van der Waals surface area (Å²) in [5.74, 6) is -0.504. The molecule has 0 bridgehead atoms. The Labute approximate surface area is 253 Å². The average molecular weight is 607 g/mol. The van der Waals surface area contributed by atoms with Gasteiger partial charge in [0.25, 0.3) is 0 Å². The van der Waals surface area contributed by atoms with Crippen molar-refractivity contribution in [3.05, 3.63) is 108 Å². The van der Waals surface area contributed by atoms with Crippen molar-refractivity contribution in [1.82, 2.24) is 0 Å². The summed E-state index contributed by atoms with van der Waals surface area (Å²) in [5.41, 5.74) is 2.44. The number of halogens is 2. The first-order valence-electron chi connectivity index (χ1n) is 13.5. The molecule has 0 atom stereocenters. The topological polar surface area (TPSA) is 127 Å². The Morgan fingerprint density at radius 1 is 0.636 bits per heavy atom. The van der Waals surface area contributed by atoms with Gasteiger partial charge in [0, 0.05) is 28.8 Å². The van der Waals surface area contributed by atoms with Crippen molar-refractivity contribution >= 4 is 40.8 Å². The number of anilines is 4. The van der Waals surface area contributed by atoms with E-state index in [1.54, 1.807) is 55.5 Å². The molecule has 0 unspecified atom stereocenters. The second-order valence-corrected chi connectivity index (χ2v) is 8.77. The third-order valence-corrected chi connectivity index (χ3v) is 5.59. The molecule has 0 aliphatic rings. The first-order chi connectivity index (χ1) is 21.2. The van der Waals surface area contributed by atoms with E-state index >= 15 is 0 Å².